The fourth-order valence-electron chi connectivity index (χ4n) is 2.77. The lowest BCUT2D eigenvalue weighted by Gasteiger charge is -2.06. The van der Waals surface area contributed by atoms with Crippen molar-refractivity contribution >= 4 is 0 Å². The predicted molar refractivity (Wildman–Crippen MR) is 102 cm³/mol. The van der Waals surface area contributed by atoms with Gasteiger partial charge in [-0.1, -0.05) is 62.4 Å². The predicted octanol–water partition coefficient (Wildman–Crippen LogP) is 4.27. The van der Waals surface area contributed by atoms with Gasteiger partial charge in [-0.3, -0.25) is 0 Å². The number of nitrogens with one attached hydrogen (secondary N) is 1. The van der Waals surface area contributed by atoms with Gasteiger partial charge >= 0.3 is 0 Å². The van der Waals surface area contributed by atoms with Gasteiger partial charge in [0.2, 0.25) is 0 Å². The first-order valence-corrected chi connectivity index (χ1v) is 9.07. The van der Waals surface area contributed by atoms with Gasteiger partial charge in [0.05, 0.1) is 6.54 Å². The average Bonchev–Trinajstić information content (AvgIpc) is 3.04. The first-order valence-electron chi connectivity index (χ1n) is 9.07. The Balaban J connectivity index is 1.81. The summed E-state index contributed by atoms with van der Waals surface area (Å²) in [6.45, 7) is 6.32. The van der Waals surface area contributed by atoms with Gasteiger partial charge in [0, 0.05) is 17.7 Å². The minimum absolute atomic E-state index is 0.234. The Morgan fingerprint density at radius 3 is 2.46 bits per heavy atom. The maximum absolute atomic E-state index is 13.9. The van der Waals surface area contributed by atoms with Crippen LogP contribution < -0.4 is 5.32 Å². The van der Waals surface area contributed by atoms with Crippen LogP contribution in [0.15, 0.2) is 54.6 Å². The Bertz CT molecular complexity index is 827. The van der Waals surface area contributed by atoms with E-state index in [0.29, 0.717) is 24.6 Å². The maximum atomic E-state index is 13.9. The summed E-state index contributed by atoms with van der Waals surface area (Å²) in [6, 6.07) is 16.7. The van der Waals surface area contributed by atoms with Gasteiger partial charge in [0.1, 0.15) is 17.2 Å². The van der Waals surface area contributed by atoms with E-state index < -0.39 is 0 Å². The summed E-state index contributed by atoms with van der Waals surface area (Å²) in [5, 5.41) is 12.7. The van der Waals surface area contributed by atoms with Crippen molar-refractivity contribution in [2.75, 3.05) is 6.54 Å². The Kier molecular flexibility index (Phi) is 6.12. The molecule has 0 aliphatic heterocycles. The van der Waals surface area contributed by atoms with Crippen molar-refractivity contribution in [2.45, 2.75) is 33.4 Å². The van der Waals surface area contributed by atoms with Crippen molar-refractivity contribution in [1.29, 1.82) is 0 Å². The highest BCUT2D eigenvalue weighted by atomic mass is 19.1. The lowest BCUT2D eigenvalue weighted by atomic mass is 10.1. The van der Waals surface area contributed by atoms with E-state index in [2.05, 4.69) is 29.4 Å². The fourth-order valence-corrected chi connectivity index (χ4v) is 2.77. The van der Waals surface area contributed by atoms with E-state index in [4.69, 9.17) is 0 Å². The van der Waals surface area contributed by atoms with E-state index in [-0.39, 0.29) is 5.82 Å². The number of benzene rings is 2. The third kappa shape index (κ3) is 4.76. The lowest BCUT2D eigenvalue weighted by molar-refractivity contribution is 0.524. The third-order valence-corrected chi connectivity index (χ3v) is 4.23. The molecule has 26 heavy (non-hydrogen) atoms. The molecule has 2 aromatic carbocycles. The quantitative estimate of drug-likeness (QED) is 0.616. The van der Waals surface area contributed by atoms with E-state index in [0.717, 1.165) is 29.9 Å². The molecule has 1 aromatic heterocycles. The Hall–Kier alpha value is -2.53. The molecule has 0 saturated heterocycles. The smallest absolute Gasteiger partial charge is 0.128 e. The van der Waals surface area contributed by atoms with Crippen molar-refractivity contribution in [3.63, 3.8) is 0 Å². The lowest BCUT2D eigenvalue weighted by Crippen LogP contribution is -2.17. The minimum atomic E-state index is -0.234. The van der Waals surface area contributed by atoms with Crippen LogP contribution in [0, 0.1) is 11.7 Å². The van der Waals surface area contributed by atoms with Crippen molar-refractivity contribution in [3.8, 4) is 11.3 Å². The highest BCUT2D eigenvalue weighted by Gasteiger charge is 2.14. The number of halogens is 1. The second-order valence-electron chi connectivity index (χ2n) is 6.84. The summed E-state index contributed by atoms with van der Waals surface area (Å²) in [5.74, 6) is 0.426. The molecular formula is C21H25FN4. The highest BCUT2D eigenvalue weighted by Crippen LogP contribution is 2.20. The summed E-state index contributed by atoms with van der Waals surface area (Å²) in [6.07, 6.45) is 1.12. The van der Waals surface area contributed by atoms with E-state index >= 15 is 0 Å². The molecule has 1 N–H and O–H groups in total. The van der Waals surface area contributed by atoms with Crippen molar-refractivity contribution in [1.82, 2.24) is 20.3 Å². The normalized spacial score (nSPS) is 11.2. The fraction of sp³-hybridized carbons (Fsp3) is 0.333. The molecule has 3 aromatic rings. The molecule has 136 valence electrons. The molecule has 0 saturated carbocycles. The van der Waals surface area contributed by atoms with E-state index in [1.807, 2.05) is 36.4 Å². The molecule has 5 heteroatoms. The Morgan fingerprint density at radius 1 is 1.00 bits per heavy atom. The zero-order valence-corrected chi connectivity index (χ0v) is 15.3. The molecule has 3 rings (SSSR count). The molecule has 0 unspecified atom stereocenters. The largest absolute Gasteiger partial charge is 0.311 e. The zero-order chi connectivity index (χ0) is 18.4. The molecule has 0 aliphatic carbocycles. The van der Waals surface area contributed by atoms with Gasteiger partial charge < -0.3 is 5.32 Å². The van der Waals surface area contributed by atoms with Crippen LogP contribution in [0.5, 0.6) is 0 Å². The van der Waals surface area contributed by atoms with Crippen molar-refractivity contribution in [2.24, 2.45) is 5.92 Å². The number of hydrogen-bond acceptors (Lipinski definition) is 3. The van der Waals surface area contributed by atoms with Crippen LogP contribution in [0.3, 0.4) is 0 Å². The number of aromatic nitrogens is 3. The van der Waals surface area contributed by atoms with E-state index in [1.165, 1.54) is 6.07 Å². The van der Waals surface area contributed by atoms with Crippen LogP contribution in [0.25, 0.3) is 11.3 Å². The SMILES string of the molecule is CC(C)CCNCc1nn(Cc2ccccc2F)nc1-c1ccccc1. The summed E-state index contributed by atoms with van der Waals surface area (Å²) >= 11 is 0. The van der Waals surface area contributed by atoms with E-state index in [9.17, 15) is 4.39 Å². The molecule has 0 atom stereocenters. The molecule has 1 heterocycles. The van der Waals surface area contributed by atoms with Crippen LogP contribution >= 0.6 is 0 Å². The van der Waals surface area contributed by atoms with Gasteiger partial charge in [-0.2, -0.15) is 15.0 Å². The second kappa shape index (κ2) is 8.72. The number of nitrogens with zero attached hydrogens (tertiary/aromatic N) is 3. The van der Waals surface area contributed by atoms with Gasteiger partial charge in [0.15, 0.2) is 0 Å². The van der Waals surface area contributed by atoms with Crippen LogP contribution in [0.4, 0.5) is 4.39 Å². The van der Waals surface area contributed by atoms with Gasteiger partial charge in [-0.25, -0.2) is 4.39 Å². The summed E-state index contributed by atoms with van der Waals surface area (Å²) < 4.78 is 13.9. The van der Waals surface area contributed by atoms with Crippen molar-refractivity contribution in [3.05, 3.63) is 71.7 Å². The Labute approximate surface area is 154 Å². The molecule has 0 amide bonds. The molecule has 4 nitrogen and oxygen atoms in total. The number of rotatable bonds is 8. The average molecular weight is 352 g/mol. The third-order valence-electron chi connectivity index (χ3n) is 4.23. The number of hydrogen-bond donors (Lipinski definition) is 1. The molecule has 0 bridgehead atoms. The molecular weight excluding hydrogens is 327 g/mol. The summed E-state index contributed by atoms with van der Waals surface area (Å²) in [4.78, 5) is 1.58. The van der Waals surface area contributed by atoms with Gasteiger partial charge in [-0.15, -0.1) is 0 Å². The second-order valence-corrected chi connectivity index (χ2v) is 6.84. The zero-order valence-electron chi connectivity index (χ0n) is 15.3. The molecule has 0 spiro atoms. The molecule has 0 fully saturated rings. The van der Waals surface area contributed by atoms with Gasteiger partial charge in [-0.05, 0) is 24.9 Å². The highest BCUT2D eigenvalue weighted by molar-refractivity contribution is 5.60. The topological polar surface area (TPSA) is 42.7 Å². The van der Waals surface area contributed by atoms with Crippen LogP contribution in [-0.2, 0) is 13.1 Å². The monoisotopic (exact) mass is 352 g/mol. The molecule has 0 aliphatic rings. The van der Waals surface area contributed by atoms with Crippen LogP contribution in [-0.4, -0.2) is 21.5 Å². The maximum Gasteiger partial charge on any atom is 0.128 e. The van der Waals surface area contributed by atoms with E-state index in [1.54, 1.807) is 16.9 Å². The Morgan fingerprint density at radius 2 is 1.73 bits per heavy atom. The standard InChI is InChI=1S/C21H25FN4/c1-16(2)12-13-23-14-20-21(17-8-4-3-5-9-17)25-26(24-20)15-18-10-6-7-11-19(18)22/h3-11,16,23H,12-15H2,1-2H3. The van der Waals surface area contributed by atoms with Crippen molar-refractivity contribution < 1.29 is 4.39 Å². The van der Waals surface area contributed by atoms with Gasteiger partial charge in [0.25, 0.3) is 0 Å². The molecule has 0 radical (unpaired) electrons. The first kappa shape index (κ1) is 18.3. The van der Waals surface area contributed by atoms with Crippen LogP contribution in [0.2, 0.25) is 0 Å². The minimum Gasteiger partial charge on any atom is -0.311 e. The summed E-state index contributed by atoms with van der Waals surface area (Å²) in [7, 11) is 0. The summed E-state index contributed by atoms with van der Waals surface area (Å²) in [5.41, 5.74) is 3.34. The van der Waals surface area contributed by atoms with Crippen LogP contribution in [0.1, 0.15) is 31.5 Å². The first-order chi connectivity index (χ1) is 12.6.